The van der Waals surface area contributed by atoms with Gasteiger partial charge in [0.05, 0.1) is 6.61 Å². The van der Waals surface area contributed by atoms with E-state index in [2.05, 4.69) is 12.2 Å². The first-order valence-electron chi connectivity index (χ1n) is 6.11. The maximum Gasteiger partial charge on any atom is 0.204 e. The highest BCUT2D eigenvalue weighted by atomic mass is 16.6. The monoisotopic (exact) mass is 237 g/mol. The van der Waals surface area contributed by atoms with Gasteiger partial charge in [-0.2, -0.15) is 0 Å². The lowest BCUT2D eigenvalue weighted by Gasteiger charge is -2.27. The number of hydrogen-bond acceptors (Lipinski definition) is 4. The number of likely N-dealkylation sites (N-methyl/N-ethyl adjacent to an activating group) is 1. The molecule has 1 aliphatic rings. The van der Waals surface area contributed by atoms with Crippen molar-refractivity contribution >= 4 is 0 Å². The van der Waals surface area contributed by atoms with Crippen LogP contribution >= 0.6 is 0 Å². The number of rotatable bonds is 5. The Morgan fingerprint density at radius 1 is 1.41 bits per heavy atom. The van der Waals surface area contributed by atoms with Gasteiger partial charge >= 0.3 is 0 Å². The van der Waals surface area contributed by atoms with Gasteiger partial charge in [0.1, 0.15) is 12.7 Å². The van der Waals surface area contributed by atoms with Crippen molar-refractivity contribution in [1.82, 2.24) is 5.32 Å². The highest BCUT2D eigenvalue weighted by Gasteiger charge is 2.23. The molecule has 0 amide bonds. The highest BCUT2D eigenvalue weighted by Crippen LogP contribution is 2.40. The third kappa shape index (κ3) is 2.82. The van der Waals surface area contributed by atoms with Crippen LogP contribution in [0.4, 0.5) is 0 Å². The zero-order chi connectivity index (χ0) is 12.1. The fourth-order valence-electron chi connectivity index (χ4n) is 1.78. The Morgan fingerprint density at radius 3 is 3.06 bits per heavy atom. The molecule has 0 aromatic heterocycles. The molecule has 1 aromatic rings. The molecule has 1 unspecified atom stereocenters. The number of ether oxygens (including phenoxy) is 3. The van der Waals surface area contributed by atoms with Gasteiger partial charge in [0, 0.05) is 6.54 Å². The molecule has 4 nitrogen and oxygen atoms in total. The number of nitrogens with one attached hydrogen (secondary N) is 1. The Kier molecular flexibility index (Phi) is 4.09. The fourth-order valence-corrected chi connectivity index (χ4v) is 1.78. The van der Waals surface area contributed by atoms with Crippen molar-refractivity contribution in [1.29, 1.82) is 0 Å². The van der Waals surface area contributed by atoms with Crippen LogP contribution in [-0.4, -0.2) is 32.4 Å². The van der Waals surface area contributed by atoms with Gasteiger partial charge in [0.15, 0.2) is 11.5 Å². The van der Waals surface area contributed by atoms with Crippen LogP contribution in [0.25, 0.3) is 0 Å². The lowest BCUT2D eigenvalue weighted by molar-refractivity contribution is 0.0859. The maximum absolute atomic E-state index is 5.91. The van der Waals surface area contributed by atoms with Gasteiger partial charge in [0.2, 0.25) is 5.75 Å². The third-order valence-corrected chi connectivity index (χ3v) is 2.57. The summed E-state index contributed by atoms with van der Waals surface area (Å²) in [4.78, 5) is 0. The second-order valence-electron chi connectivity index (χ2n) is 3.87. The molecule has 2 rings (SSSR count). The lowest BCUT2D eigenvalue weighted by Crippen LogP contribution is -2.38. The van der Waals surface area contributed by atoms with Crippen LogP contribution in [0, 0.1) is 0 Å². The molecule has 17 heavy (non-hydrogen) atoms. The molecule has 0 saturated carbocycles. The topological polar surface area (TPSA) is 39.7 Å². The number of hydrogen-bond donors (Lipinski definition) is 1. The Labute approximate surface area is 102 Å². The minimum absolute atomic E-state index is 0.0454. The van der Waals surface area contributed by atoms with Crippen LogP contribution in [0.1, 0.15) is 13.8 Å². The molecule has 0 radical (unpaired) electrons. The molecule has 94 valence electrons. The molecule has 4 heteroatoms. The summed E-state index contributed by atoms with van der Waals surface area (Å²) in [5.74, 6) is 2.25. The Hall–Kier alpha value is -1.42. The van der Waals surface area contributed by atoms with Crippen LogP contribution in [-0.2, 0) is 0 Å². The van der Waals surface area contributed by atoms with Crippen molar-refractivity contribution in [3.8, 4) is 17.2 Å². The van der Waals surface area contributed by atoms with E-state index in [1.165, 1.54) is 0 Å². The number of para-hydroxylation sites is 1. The van der Waals surface area contributed by atoms with Crippen molar-refractivity contribution in [3.63, 3.8) is 0 Å². The van der Waals surface area contributed by atoms with Crippen molar-refractivity contribution in [2.75, 3.05) is 26.3 Å². The van der Waals surface area contributed by atoms with Crippen molar-refractivity contribution in [2.24, 2.45) is 0 Å². The molecule has 0 spiro atoms. The van der Waals surface area contributed by atoms with E-state index < -0.39 is 0 Å². The van der Waals surface area contributed by atoms with Crippen molar-refractivity contribution in [2.45, 2.75) is 20.0 Å². The van der Waals surface area contributed by atoms with Crippen LogP contribution in [0.2, 0.25) is 0 Å². The number of fused-ring (bicyclic) bond motifs is 1. The van der Waals surface area contributed by atoms with E-state index in [-0.39, 0.29) is 6.10 Å². The van der Waals surface area contributed by atoms with Crippen LogP contribution < -0.4 is 19.5 Å². The van der Waals surface area contributed by atoms with E-state index in [0.29, 0.717) is 13.2 Å². The molecule has 1 aliphatic heterocycles. The third-order valence-electron chi connectivity index (χ3n) is 2.57. The molecule has 1 N–H and O–H groups in total. The van der Waals surface area contributed by atoms with Gasteiger partial charge in [-0.3, -0.25) is 0 Å². The predicted molar refractivity (Wildman–Crippen MR) is 66.1 cm³/mol. The standard InChI is InChI=1S/C13H19NO3/c1-3-14-8-10-9-16-12-7-5-6-11(15-4-2)13(12)17-10/h5-7,10,14H,3-4,8-9H2,1-2H3. The van der Waals surface area contributed by atoms with E-state index >= 15 is 0 Å². The minimum Gasteiger partial charge on any atom is -0.490 e. The van der Waals surface area contributed by atoms with Crippen LogP contribution in [0.3, 0.4) is 0 Å². The summed E-state index contributed by atoms with van der Waals surface area (Å²) < 4.78 is 17.1. The molecular weight excluding hydrogens is 218 g/mol. The molecular formula is C13H19NO3. The zero-order valence-corrected chi connectivity index (χ0v) is 10.4. The first kappa shape index (κ1) is 12.0. The second-order valence-corrected chi connectivity index (χ2v) is 3.87. The van der Waals surface area contributed by atoms with Crippen molar-refractivity contribution in [3.05, 3.63) is 18.2 Å². The molecule has 1 atom stereocenters. The SMILES string of the molecule is CCNCC1COc2cccc(OCC)c2O1. The van der Waals surface area contributed by atoms with E-state index in [1.54, 1.807) is 0 Å². The lowest BCUT2D eigenvalue weighted by atomic mass is 10.2. The molecule has 0 saturated heterocycles. The predicted octanol–water partition coefficient (Wildman–Crippen LogP) is 1.83. The molecule has 1 heterocycles. The van der Waals surface area contributed by atoms with Gasteiger partial charge in [-0.25, -0.2) is 0 Å². The smallest absolute Gasteiger partial charge is 0.204 e. The molecule has 0 fully saturated rings. The summed E-state index contributed by atoms with van der Waals surface area (Å²) in [6.07, 6.45) is 0.0454. The normalized spacial score (nSPS) is 17.9. The first-order chi connectivity index (χ1) is 8.35. The van der Waals surface area contributed by atoms with Crippen LogP contribution in [0.15, 0.2) is 18.2 Å². The van der Waals surface area contributed by atoms with Gasteiger partial charge < -0.3 is 19.5 Å². The highest BCUT2D eigenvalue weighted by molar-refractivity contribution is 5.52. The Bertz CT molecular complexity index is 368. The number of benzene rings is 1. The van der Waals surface area contributed by atoms with Crippen LogP contribution in [0.5, 0.6) is 17.2 Å². The molecule has 1 aromatic carbocycles. The zero-order valence-electron chi connectivity index (χ0n) is 10.4. The van der Waals surface area contributed by atoms with Gasteiger partial charge in [0.25, 0.3) is 0 Å². The summed E-state index contributed by atoms with van der Waals surface area (Å²) >= 11 is 0. The largest absolute Gasteiger partial charge is 0.490 e. The quantitative estimate of drug-likeness (QED) is 0.848. The summed E-state index contributed by atoms with van der Waals surface area (Å²) in [5.41, 5.74) is 0. The summed E-state index contributed by atoms with van der Waals surface area (Å²) in [6, 6.07) is 5.72. The average molecular weight is 237 g/mol. The maximum atomic E-state index is 5.91. The average Bonchev–Trinajstić information content (AvgIpc) is 2.37. The van der Waals surface area contributed by atoms with E-state index in [1.807, 2.05) is 25.1 Å². The second kappa shape index (κ2) is 5.77. The summed E-state index contributed by atoms with van der Waals surface area (Å²) in [5, 5.41) is 3.25. The molecule has 0 aliphatic carbocycles. The Morgan fingerprint density at radius 2 is 2.29 bits per heavy atom. The van der Waals surface area contributed by atoms with E-state index in [0.717, 1.165) is 30.3 Å². The minimum atomic E-state index is 0.0454. The van der Waals surface area contributed by atoms with Gasteiger partial charge in [-0.1, -0.05) is 13.0 Å². The van der Waals surface area contributed by atoms with Crippen molar-refractivity contribution < 1.29 is 14.2 Å². The summed E-state index contributed by atoms with van der Waals surface area (Å²) in [6.45, 7) is 6.95. The molecule has 0 bridgehead atoms. The van der Waals surface area contributed by atoms with E-state index in [9.17, 15) is 0 Å². The Balaban J connectivity index is 2.11. The summed E-state index contributed by atoms with van der Waals surface area (Å²) in [7, 11) is 0. The van der Waals surface area contributed by atoms with E-state index in [4.69, 9.17) is 14.2 Å². The van der Waals surface area contributed by atoms with Gasteiger partial charge in [-0.05, 0) is 25.6 Å². The first-order valence-corrected chi connectivity index (χ1v) is 6.11. The fraction of sp³-hybridized carbons (Fsp3) is 0.538. The van der Waals surface area contributed by atoms with Gasteiger partial charge in [-0.15, -0.1) is 0 Å².